The van der Waals surface area contributed by atoms with Crippen molar-refractivity contribution in [1.82, 2.24) is 10.2 Å². The van der Waals surface area contributed by atoms with Gasteiger partial charge in [0.2, 0.25) is 0 Å². The van der Waals surface area contributed by atoms with Gasteiger partial charge in [-0.15, -0.1) is 0 Å². The molecule has 7 heteroatoms. The van der Waals surface area contributed by atoms with Crippen LogP contribution in [0.5, 0.6) is 0 Å². The first-order chi connectivity index (χ1) is 13.4. The lowest BCUT2D eigenvalue weighted by molar-refractivity contribution is -0.149. The lowest BCUT2D eigenvalue weighted by Crippen LogP contribution is -2.65. The van der Waals surface area contributed by atoms with E-state index in [1.165, 1.54) is 4.90 Å². The largest absolute Gasteiger partial charge is 0.383 e. The molecule has 0 aromatic heterocycles. The van der Waals surface area contributed by atoms with Crippen LogP contribution >= 0.6 is 0 Å². The van der Waals surface area contributed by atoms with E-state index >= 15 is 0 Å². The van der Waals surface area contributed by atoms with Gasteiger partial charge in [0.15, 0.2) is 0 Å². The highest BCUT2D eigenvalue weighted by molar-refractivity contribution is 6.08. The third-order valence-electron chi connectivity index (χ3n) is 5.51. The number of benzene rings is 2. The number of anilines is 1. The number of hydrogen-bond acceptors (Lipinski definition) is 5. The highest BCUT2D eigenvalue weighted by Crippen LogP contribution is 2.37. The van der Waals surface area contributed by atoms with Gasteiger partial charge in [-0.3, -0.25) is 19.7 Å². The van der Waals surface area contributed by atoms with E-state index in [0.29, 0.717) is 12.1 Å². The molecule has 144 valence electrons. The van der Waals surface area contributed by atoms with Crippen LogP contribution in [0.3, 0.4) is 0 Å². The molecular weight excluding hydrogens is 358 g/mol. The maximum absolute atomic E-state index is 13.0. The molecule has 0 aliphatic carbocycles. The van der Waals surface area contributed by atoms with Crippen LogP contribution in [-0.4, -0.2) is 39.4 Å². The average Bonchev–Trinajstić information content (AvgIpc) is 3.04. The number of piperidine rings is 1. The minimum atomic E-state index is -1.32. The van der Waals surface area contributed by atoms with Crippen LogP contribution in [0.15, 0.2) is 48.5 Å². The molecule has 0 radical (unpaired) electrons. The number of aliphatic hydroxyl groups is 1. The predicted molar refractivity (Wildman–Crippen MR) is 102 cm³/mol. The van der Waals surface area contributed by atoms with Crippen LogP contribution in [0, 0.1) is 0 Å². The Morgan fingerprint density at radius 3 is 2.64 bits per heavy atom. The van der Waals surface area contributed by atoms with Crippen molar-refractivity contribution in [3.05, 3.63) is 65.2 Å². The Hall–Kier alpha value is -3.19. The van der Waals surface area contributed by atoms with Crippen LogP contribution < -0.4 is 10.6 Å². The molecule has 3 N–H and O–H groups in total. The minimum absolute atomic E-state index is 0.121. The number of carbonyl (C=O) groups excluding carboxylic acids is 3. The van der Waals surface area contributed by atoms with Gasteiger partial charge in [-0.2, -0.15) is 0 Å². The Kier molecular flexibility index (Phi) is 4.39. The summed E-state index contributed by atoms with van der Waals surface area (Å²) in [5.74, 6) is -1.57. The van der Waals surface area contributed by atoms with E-state index in [4.69, 9.17) is 0 Å². The first kappa shape index (κ1) is 18.2. The molecule has 2 unspecified atom stereocenters. The molecule has 0 bridgehead atoms. The molecule has 3 amide bonds. The second kappa shape index (κ2) is 6.76. The Morgan fingerprint density at radius 2 is 1.89 bits per heavy atom. The molecule has 2 atom stereocenters. The number of carbonyl (C=O) groups is 3. The first-order valence-corrected chi connectivity index (χ1v) is 9.15. The fourth-order valence-corrected chi connectivity index (χ4v) is 3.81. The SMILES string of the molecule is CC1(N2Cc3c(NCc4ccccc4)cccc3C2=O)CC(O)C(=O)NC1=O. The zero-order chi connectivity index (χ0) is 19.9. The Bertz CT molecular complexity index is 959. The molecule has 2 aliphatic heterocycles. The average molecular weight is 379 g/mol. The van der Waals surface area contributed by atoms with Crippen molar-refractivity contribution in [2.45, 2.75) is 38.1 Å². The maximum Gasteiger partial charge on any atom is 0.255 e. The lowest BCUT2D eigenvalue weighted by Gasteiger charge is -2.41. The molecule has 2 aromatic carbocycles. The van der Waals surface area contributed by atoms with E-state index in [2.05, 4.69) is 10.6 Å². The Balaban J connectivity index is 1.60. The molecule has 1 saturated heterocycles. The van der Waals surface area contributed by atoms with Gasteiger partial charge in [0.25, 0.3) is 17.7 Å². The molecule has 28 heavy (non-hydrogen) atoms. The van der Waals surface area contributed by atoms with E-state index in [0.717, 1.165) is 16.8 Å². The van der Waals surface area contributed by atoms with Crippen LogP contribution in [0.2, 0.25) is 0 Å². The molecular formula is C21H21N3O4. The summed E-state index contributed by atoms with van der Waals surface area (Å²) in [4.78, 5) is 38.5. The van der Waals surface area contributed by atoms with Crippen molar-refractivity contribution in [2.24, 2.45) is 0 Å². The van der Waals surface area contributed by atoms with E-state index in [-0.39, 0.29) is 18.9 Å². The molecule has 2 aromatic rings. The summed E-state index contributed by atoms with van der Waals surface area (Å²) >= 11 is 0. The normalized spacial score (nSPS) is 24.1. The number of fused-ring (bicyclic) bond motifs is 1. The molecule has 2 heterocycles. The topological polar surface area (TPSA) is 98.7 Å². The number of rotatable bonds is 4. The van der Waals surface area contributed by atoms with Gasteiger partial charge in [-0.05, 0) is 24.6 Å². The van der Waals surface area contributed by atoms with E-state index in [1.54, 1.807) is 19.1 Å². The molecule has 2 aliphatic rings. The monoisotopic (exact) mass is 379 g/mol. The third kappa shape index (κ3) is 2.93. The zero-order valence-corrected chi connectivity index (χ0v) is 15.4. The highest BCUT2D eigenvalue weighted by Gasteiger charge is 2.51. The van der Waals surface area contributed by atoms with Gasteiger partial charge in [0, 0.05) is 36.3 Å². The fraction of sp³-hybridized carbons (Fsp3) is 0.286. The summed E-state index contributed by atoms with van der Waals surface area (Å²) in [5.41, 5.74) is 1.98. The van der Waals surface area contributed by atoms with Gasteiger partial charge in [-0.25, -0.2) is 0 Å². The van der Waals surface area contributed by atoms with Crippen molar-refractivity contribution >= 4 is 23.4 Å². The van der Waals surface area contributed by atoms with E-state index in [9.17, 15) is 19.5 Å². The number of aliphatic hydroxyl groups excluding tert-OH is 1. The summed E-state index contributed by atoms with van der Waals surface area (Å²) in [6.45, 7) is 2.42. The smallest absolute Gasteiger partial charge is 0.255 e. The second-order valence-electron chi connectivity index (χ2n) is 7.37. The highest BCUT2D eigenvalue weighted by atomic mass is 16.3. The number of hydrogen-bond donors (Lipinski definition) is 3. The number of amides is 3. The molecule has 0 spiro atoms. The van der Waals surface area contributed by atoms with Crippen LogP contribution in [0.1, 0.15) is 34.8 Å². The fourth-order valence-electron chi connectivity index (χ4n) is 3.81. The predicted octanol–water partition coefficient (Wildman–Crippen LogP) is 1.42. The standard InChI is InChI=1S/C21H21N3O4/c1-21(10-17(25)18(26)23-20(21)28)24-12-15-14(19(24)27)8-5-9-16(15)22-11-13-6-3-2-4-7-13/h2-9,17,22,25H,10-12H2,1H3,(H,23,26,28). The summed E-state index contributed by atoms with van der Waals surface area (Å²) in [6.07, 6.45) is -1.45. The van der Waals surface area contributed by atoms with Crippen molar-refractivity contribution in [3.63, 3.8) is 0 Å². The van der Waals surface area contributed by atoms with Crippen molar-refractivity contribution in [2.75, 3.05) is 5.32 Å². The number of imide groups is 1. The van der Waals surface area contributed by atoms with Gasteiger partial charge in [0.05, 0.1) is 0 Å². The quantitative estimate of drug-likeness (QED) is 0.698. The number of nitrogens with one attached hydrogen (secondary N) is 2. The molecule has 0 saturated carbocycles. The van der Waals surface area contributed by atoms with Gasteiger partial charge >= 0.3 is 0 Å². The van der Waals surface area contributed by atoms with Crippen molar-refractivity contribution in [1.29, 1.82) is 0 Å². The van der Waals surface area contributed by atoms with Crippen molar-refractivity contribution < 1.29 is 19.5 Å². The Morgan fingerprint density at radius 1 is 1.14 bits per heavy atom. The third-order valence-corrected chi connectivity index (χ3v) is 5.51. The van der Waals surface area contributed by atoms with Crippen molar-refractivity contribution in [3.8, 4) is 0 Å². The summed E-state index contributed by atoms with van der Waals surface area (Å²) in [5, 5.41) is 15.5. The maximum atomic E-state index is 13.0. The van der Waals surface area contributed by atoms with E-state index < -0.39 is 23.5 Å². The van der Waals surface area contributed by atoms with Crippen LogP contribution in [0.4, 0.5) is 5.69 Å². The summed E-state index contributed by atoms with van der Waals surface area (Å²) in [6, 6.07) is 15.3. The molecule has 7 nitrogen and oxygen atoms in total. The van der Waals surface area contributed by atoms with Gasteiger partial charge < -0.3 is 15.3 Å². The molecule has 4 rings (SSSR count). The number of nitrogens with zero attached hydrogens (tertiary/aromatic N) is 1. The summed E-state index contributed by atoms with van der Waals surface area (Å²) < 4.78 is 0. The zero-order valence-electron chi connectivity index (χ0n) is 15.4. The summed E-state index contributed by atoms with van der Waals surface area (Å²) in [7, 11) is 0. The molecule has 1 fully saturated rings. The van der Waals surface area contributed by atoms with Gasteiger partial charge in [0.1, 0.15) is 11.6 Å². The van der Waals surface area contributed by atoms with Crippen LogP contribution in [0.25, 0.3) is 0 Å². The minimum Gasteiger partial charge on any atom is -0.383 e. The van der Waals surface area contributed by atoms with Gasteiger partial charge in [-0.1, -0.05) is 36.4 Å². The lowest BCUT2D eigenvalue weighted by atomic mass is 9.87. The second-order valence-corrected chi connectivity index (χ2v) is 7.37. The van der Waals surface area contributed by atoms with E-state index in [1.807, 2.05) is 36.4 Å². The van der Waals surface area contributed by atoms with Crippen LogP contribution in [-0.2, 0) is 22.7 Å². The Labute approximate surface area is 162 Å². The first-order valence-electron chi connectivity index (χ1n) is 9.15.